The third-order valence-corrected chi connectivity index (χ3v) is 10.3. The minimum absolute atomic E-state index is 0.0620. The number of anilines is 1. The highest BCUT2D eigenvalue weighted by molar-refractivity contribution is 7.61. The quantitative estimate of drug-likeness (QED) is 0.0971. The van der Waals surface area contributed by atoms with E-state index in [4.69, 9.17) is 20.9 Å². The molecular weight excluding hydrogens is 734 g/mol. The number of nitrogen functional groups attached to an aromatic ring is 1. The molecule has 2 unspecified atom stereocenters. The number of rotatable bonds is 13. The summed E-state index contributed by atoms with van der Waals surface area (Å²) >= 11 is 0. The first kappa shape index (κ1) is 37.5. The lowest BCUT2D eigenvalue weighted by atomic mass is 10.1. The van der Waals surface area contributed by atoms with Crippen molar-refractivity contribution in [3.05, 3.63) is 36.7 Å². The summed E-state index contributed by atoms with van der Waals surface area (Å²) in [5.41, 5.74) is 10.9. The van der Waals surface area contributed by atoms with Gasteiger partial charge >= 0.3 is 23.5 Å². The Morgan fingerprint density at radius 2 is 1.76 bits per heavy atom. The molecule has 0 bridgehead atoms. The highest BCUT2D eigenvalue weighted by Gasteiger charge is 2.60. The molecule has 5 rings (SSSR count). The lowest BCUT2D eigenvalue weighted by molar-refractivity contribution is -0.203. The van der Waals surface area contributed by atoms with Crippen LogP contribution in [0.1, 0.15) is 12.6 Å². The van der Waals surface area contributed by atoms with Crippen LogP contribution in [0.4, 0.5) is 10.2 Å². The standard InChI is InChI=1S/C21H29FN7O17P3/c22-21(15(32)14(45-47(34,35)36)20(44-21)29-8-27-11-16(23)25-7-26-18(11)29)6-42-49(39,40)46-48(37,38)41-5-10-12(30)13(31)19(43-10)28-3-1-2-9(4-28)17(24)33/h1,3-4,7-8,10,12-15,19-20,30-32H,2,5-6H2,(H2,24,33)(H,37,38)(H,39,40)(H2,23,25,26)(H2,34,35,36)/t10-,12-,13-,14-,15-,19-,20-,21+/m1/s1. The number of aliphatic hydroxyl groups excluding tert-OH is 3. The van der Waals surface area contributed by atoms with Crippen molar-refractivity contribution >= 4 is 46.4 Å². The molecule has 1 amide bonds. The lowest BCUT2D eigenvalue weighted by Gasteiger charge is -2.28. The predicted octanol–water partition coefficient (Wildman–Crippen LogP) is -2.27. The maximum absolute atomic E-state index is 15.9. The Bertz CT molecular complexity index is 1790. The topological polar surface area (TPSA) is 364 Å². The molecule has 2 aromatic rings. The van der Waals surface area contributed by atoms with E-state index in [1.807, 2.05) is 0 Å². The Morgan fingerprint density at radius 1 is 1.06 bits per heavy atom. The Balaban J connectivity index is 1.23. The number of aliphatic hydroxyl groups is 3. The van der Waals surface area contributed by atoms with Gasteiger partial charge in [0.15, 0.2) is 23.9 Å². The molecule has 11 N–H and O–H groups in total. The summed E-state index contributed by atoms with van der Waals surface area (Å²) in [6.45, 7) is -2.80. The number of allylic oxidation sites excluding steroid dienone is 1. The van der Waals surface area contributed by atoms with Crippen molar-refractivity contribution < 1.29 is 85.1 Å². The average Bonchev–Trinajstić information content (AvgIpc) is 3.64. The normalized spacial score (nSPS) is 33.0. The van der Waals surface area contributed by atoms with E-state index < -0.39 is 91.4 Å². The maximum atomic E-state index is 15.9. The first-order valence-corrected chi connectivity index (χ1v) is 18.1. The Kier molecular flexibility index (Phi) is 10.5. The number of phosphoric ester groups is 3. The largest absolute Gasteiger partial charge is 0.481 e. The van der Waals surface area contributed by atoms with E-state index in [9.17, 15) is 53.4 Å². The van der Waals surface area contributed by atoms with Crippen molar-refractivity contribution in [2.75, 3.05) is 18.9 Å². The second-order valence-corrected chi connectivity index (χ2v) is 14.8. The Labute approximate surface area is 272 Å². The third-order valence-electron chi connectivity index (χ3n) is 7.17. The number of ether oxygens (including phenoxy) is 2. The molecule has 3 aliphatic rings. The van der Waals surface area contributed by atoms with Gasteiger partial charge in [0.25, 0.3) is 5.85 Å². The van der Waals surface area contributed by atoms with Gasteiger partial charge in [0.1, 0.15) is 49.0 Å². The minimum atomic E-state index is -5.80. The van der Waals surface area contributed by atoms with Crippen molar-refractivity contribution in [2.45, 2.75) is 55.3 Å². The van der Waals surface area contributed by atoms with Gasteiger partial charge in [-0.05, 0) is 6.42 Å². The number of phosphoric acid groups is 3. The fraction of sp³-hybridized carbons (Fsp3) is 0.524. The number of hydrogen-bond acceptors (Lipinski definition) is 18. The number of aromatic nitrogens is 4. The molecule has 272 valence electrons. The lowest BCUT2D eigenvalue weighted by Crippen LogP contribution is -2.43. The van der Waals surface area contributed by atoms with Crippen LogP contribution in [0, 0.1) is 0 Å². The van der Waals surface area contributed by atoms with Crippen LogP contribution in [0.2, 0.25) is 0 Å². The fourth-order valence-electron chi connectivity index (χ4n) is 4.93. The number of fused-ring (bicyclic) bond motifs is 1. The number of carbonyl (C=O) groups excluding carboxylic acids is 1. The number of nitrogens with zero attached hydrogens (tertiary/aromatic N) is 5. The number of imidazole rings is 1. The number of carbonyl (C=O) groups is 1. The average molecular weight is 763 g/mol. The van der Waals surface area contributed by atoms with Crippen LogP contribution in [0.15, 0.2) is 36.7 Å². The van der Waals surface area contributed by atoms with E-state index >= 15 is 4.39 Å². The van der Waals surface area contributed by atoms with Crippen LogP contribution >= 0.6 is 23.5 Å². The van der Waals surface area contributed by atoms with Gasteiger partial charge in [-0.2, -0.15) is 4.31 Å². The number of halogens is 1. The smallest absolute Gasteiger partial charge is 0.387 e. The van der Waals surface area contributed by atoms with Crippen LogP contribution in [0.5, 0.6) is 0 Å². The number of primary amides is 1. The van der Waals surface area contributed by atoms with Gasteiger partial charge in [-0.25, -0.2) is 33.0 Å². The first-order valence-electron chi connectivity index (χ1n) is 13.5. The zero-order valence-electron chi connectivity index (χ0n) is 24.4. The van der Waals surface area contributed by atoms with Gasteiger partial charge in [0.2, 0.25) is 5.91 Å². The van der Waals surface area contributed by atoms with Crippen molar-refractivity contribution in [1.29, 1.82) is 0 Å². The van der Waals surface area contributed by atoms with Crippen molar-refractivity contribution in [3.63, 3.8) is 0 Å². The summed E-state index contributed by atoms with van der Waals surface area (Å²) in [6, 6.07) is 0. The SMILES string of the molecule is NC(=O)C1=CN([C@@H]2O[C@H](COP(=O)(O)OP(=O)(O)OC[C@]3(F)O[C@@H](n4cnc5c(N)ncnc54)[C@H](OP(=O)(O)O)[C@H]3O)[C@@H](O)[C@H]2O)C=CC1. The van der Waals surface area contributed by atoms with Gasteiger partial charge in [-0.1, -0.05) is 6.08 Å². The third kappa shape index (κ3) is 8.24. The molecule has 10 atom stereocenters. The van der Waals surface area contributed by atoms with Crippen LogP contribution in [-0.2, 0) is 45.8 Å². The summed E-state index contributed by atoms with van der Waals surface area (Å²) in [4.78, 5) is 63.0. The van der Waals surface area contributed by atoms with Crippen LogP contribution in [0.3, 0.4) is 0 Å². The van der Waals surface area contributed by atoms with Crippen molar-refractivity contribution in [1.82, 2.24) is 24.4 Å². The second kappa shape index (κ2) is 13.7. The molecule has 49 heavy (non-hydrogen) atoms. The van der Waals surface area contributed by atoms with Gasteiger partial charge < -0.3 is 60.7 Å². The molecule has 0 saturated carbocycles. The molecule has 2 saturated heterocycles. The van der Waals surface area contributed by atoms with Crippen LogP contribution in [-0.4, -0.2) is 121 Å². The Hall–Kier alpha value is -2.80. The highest BCUT2D eigenvalue weighted by atomic mass is 31.3. The molecule has 28 heteroatoms. The van der Waals surface area contributed by atoms with E-state index in [2.05, 4.69) is 32.8 Å². The predicted molar refractivity (Wildman–Crippen MR) is 153 cm³/mol. The van der Waals surface area contributed by atoms with Gasteiger partial charge in [0.05, 0.1) is 12.9 Å². The zero-order chi connectivity index (χ0) is 36.1. The molecular formula is C21H29FN7O17P3. The summed E-state index contributed by atoms with van der Waals surface area (Å²) in [5, 5.41) is 31.4. The van der Waals surface area contributed by atoms with E-state index in [0.29, 0.717) is 0 Å². The Morgan fingerprint density at radius 3 is 2.43 bits per heavy atom. The van der Waals surface area contributed by atoms with E-state index in [1.54, 1.807) is 0 Å². The molecule has 3 aliphatic heterocycles. The minimum Gasteiger partial charge on any atom is -0.387 e. The van der Waals surface area contributed by atoms with Crippen LogP contribution < -0.4 is 11.5 Å². The number of amides is 1. The molecule has 0 radical (unpaired) electrons. The van der Waals surface area contributed by atoms with E-state index in [-0.39, 0.29) is 29.0 Å². The van der Waals surface area contributed by atoms with Gasteiger partial charge in [0, 0.05) is 18.0 Å². The molecule has 0 spiro atoms. The van der Waals surface area contributed by atoms with Crippen molar-refractivity contribution in [3.8, 4) is 0 Å². The zero-order valence-corrected chi connectivity index (χ0v) is 27.1. The van der Waals surface area contributed by atoms with Gasteiger partial charge in [-0.3, -0.25) is 22.9 Å². The first-order chi connectivity index (χ1) is 22.7. The molecule has 0 aliphatic carbocycles. The summed E-state index contributed by atoms with van der Waals surface area (Å²) < 4.78 is 81.7. The van der Waals surface area contributed by atoms with E-state index in [1.165, 1.54) is 23.4 Å². The monoisotopic (exact) mass is 763 g/mol. The highest BCUT2D eigenvalue weighted by Crippen LogP contribution is 2.61. The van der Waals surface area contributed by atoms with Crippen LogP contribution in [0.25, 0.3) is 11.2 Å². The summed E-state index contributed by atoms with van der Waals surface area (Å²) in [6.07, 6.45) is -6.91. The molecule has 2 fully saturated rings. The second-order valence-electron chi connectivity index (χ2n) is 10.6. The fourth-order valence-corrected chi connectivity index (χ4v) is 7.56. The van der Waals surface area contributed by atoms with E-state index in [0.717, 1.165) is 17.2 Å². The van der Waals surface area contributed by atoms with Crippen molar-refractivity contribution in [2.24, 2.45) is 5.73 Å². The summed E-state index contributed by atoms with van der Waals surface area (Å²) in [7, 11) is -16.9. The molecule has 5 heterocycles. The summed E-state index contributed by atoms with van der Waals surface area (Å²) in [5.74, 6) is -4.52. The molecule has 24 nitrogen and oxygen atoms in total. The number of nitrogens with two attached hydrogens (primary N) is 2. The molecule has 0 aromatic carbocycles. The maximum Gasteiger partial charge on any atom is 0.481 e. The number of hydrogen-bond donors (Lipinski definition) is 9. The number of alkyl halides is 1. The molecule has 2 aromatic heterocycles. The van der Waals surface area contributed by atoms with Gasteiger partial charge in [-0.15, -0.1) is 0 Å².